The highest BCUT2D eigenvalue weighted by molar-refractivity contribution is 7.99. The number of primary amides is 1. The topological polar surface area (TPSA) is 85.8 Å². The monoisotopic (exact) mass is 311 g/mol. The molecular formula is C14H25N5OS. The molecule has 1 amide bonds. The highest BCUT2D eigenvalue weighted by Crippen LogP contribution is 2.24. The maximum absolute atomic E-state index is 11.7. The Bertz CT molecular complexity index is 490. The molecule has 0 saturated heterocycles. The van der Waals surface area contributed by atoms with Gasteiger partial charge in [-0.05, 0) is 32.7 Å². The van der Waals surface area contributed by atoms with Crippen LogP contribution in [0.15, 0.2) is 5.16 Å². The predicted molar refractivity (Wildman–Crippen MR) is 84.2 cm³/mol. The second-order valence-corrected chi connectivity index (χ2v) is 6.72. The zero-order valence-electron chi connectivity index (χ0n) is 12.9. The fourth-order valence-corrected chi connectivity index (χ4v) is 3.50. The highest BCUT2D eigenvalue weighted by atomic mass is 32.2. The van der Waals surface area contributed by atoms with Crippen molar-refractivity contribution in [3.63, 3.8) is 0 Å². The highest BCUT2D eigenvalue weighted by Gasteiger charge is 2.31. The van der Waals surface area contributed by atoms with Crippen LogP contribution in [0.1, 0.15) is 45.4 Å². The van der Waals surface area contributed by atoms with Crippen LogP contribution in [-0.2, 0) is 17.8 Å². The largest absolute Gasteiger partial charge is 0.368 e. The summed E-state index contributed by atoms with van der Waals surface area (Å²) in [5.41, 5.74) is 4.85. The van der Waals surface area contributed by atoms with Gasteiger partial charge in [0.05, 0.1) is 0 Å². The molecule has 21 heavy (non-hydrogen) atoms. The molecule has 1 aromatic rings. The minimum absolute atomic E-state index is 0.320. The number of fused-ring (bicyclic) bond motifs is 1. The van der Waals surface area contributed by atoms with Crippen LogP contribution in [0.3, 0.4) is 0 Å². The van der Waals surface area contributed by atoms with Crippen LogP contribution in [0, 0.1) is 0 Å². The van der Waals surface area contributed by atoms with E-state index in [1.54, 1.807) is 11.8 Å². The van der Waals surface area contributed by atoms with Crippen molar-refractivity contribution in [2.75, 3.05) is 12.3 Å². The molecule has 1 aliphatic heterocycles. The van der Waals surface area contributed by atoms with Crippen LogP contribution in [0.2, 0.25) is 0 Å². The van der Waals surface area contributed by atoms with Crippen molar-refractivity contribution in [1.29, 1.82) is 0 Å². The van der Waals surface area contributed by atoms with E-state index in [-0.39, 0.29) is 5.91 Å². The summed E-state index contributed by atoms with van der Waals surface area (Å²) in [4.78, 5) is 11.7. The molecule has 1 aliphatic rings. The fraction of sp³-hybridized carbons (Fsp3) is 0.786. The van der Waals surface area contributed by atoms with Crippen molar-refractivity contribution < 1.29 is 4.79 Å². The van der Waals surface area contributed by atoms with E-state index in [0.29, 0.717) is 5.75 Å². The standard InChI is InChI=1S/C14H25N5OS/c1-3-8-16-14(2,12(15)20)10-21-13-18-17-11-7-5-4-6-9-19(11)13/h16H,3-10H2,1-2H3,(H2,15,20). The van der Waals surface area contributed by atoms with Crippen LogP contribution >= 0.6 is 11.8 Å². The molecule has 0 aliphatic carbocycles. The van der Waals surface area contributed by atoms with Gasteiger partial charge >= 0.3 is 0 Å². The molecule has 2 heterocycles. The summed E-state index contributed by atoms with van der Waals surface area (Å²) < 4.78 is 2.19. The summed E-state index contributed by atoms with van der Waals surface area (Å²) in [5, 5.41) is 12.7. The van der Waals surface area contributed by atoms with Gasteiger partial charge in [-0.2, -0.15) is 0 Å². The molecule has 0 spiro atoms. The van der Waals surface area contributed by atoms with Crippen LogP contribution in [0.4, 0.5) is 0 Å². The lowest BCUT2D eigenvalue weighted by molar-refractivity contribution is -0.122. The van der Waals surface area contributed by atoms with E-state index in [4.69, 9.17) is 5.73 Å². The SMILES string of the molecule is CCCNC(C)(CSc1nnc2n1CCCCC2)C(N)=O. The van der Waals surface area contributed by atoms with Crippen molar-refractivity contribution in [3.8, 4) is 0 Å². The summed E-state index contributed by atoms with van der Waals surface area (Å²) in [6.45, 7) is 5.68. The second kappa shape index (κ2) is 7.26. The third-order valence-electron chi connectivity index (χ3n) is 3.87. The van der Waals surface area contributed by atoms with Crippen molar-refractivity contribution in [2.45, 2.75) is 63.2 Å². The van der Waals surface area contributed by atoms with Crippen molar-refractivity contribution in [3.05, 3.63) is 5.82 Å². The molecule has 2 rings (SSSR count). The number of nitrogens with two attached hydrogens (primary N) is 1. The second-order valence-electron chi connectivity index (χ2n) is 5.77. The minimum Gasteiger partial charge on any atom is -0.368 e. The lowest BCUT2D eigenvalue weighted by atomic mass is 10.1. The zero-order valence-corrected chi connectivity index (χ0v) is 13.7. The Kier molecular flexibility index (Phi) is 5.64. The Balaban J connectivity index is 2.04. The molecule has 1 unspecified atom stereocenters. The maximum Gasteiger partial charge on any atom is 0.238 e. The number of nitrogens with one attached hydrogen (secondary N) is 1. The molecule has 0 bridgehead atoms. The number of rotatable bonds is 7. The van der Waals surface area contributed by atoms with E-state index in [1.807, 2.05) is 6.92 Å². The first-order valence-corrected chi connectivity index (χ1v) is 8.65. The smallest absolute Gasteiger partial charge is 0.238 e. The van der Waals surface area contributed by atoms with Gasteiger partial charge in [0, 0.05) is 18.7 Å². The number of carbonyl (C=O) groups is 1. The molecule has 0 fully saturated rings. The Morgan fingerprint density at radius 1 is 1.43 bits per heavy atom. The summed E-state index contributed by atoms with van der Waals surface area (Å²) in [5.74, 6) is 1.32. The number of aromatic nitrogens is 3. The number of nitrogens with zero attached hydrogens (tertiary/aromatic N) is 3. The molecule has 118 valence electrons. The third-order valence-corrected chi connectivity index (χ3v) is 5.16. The van der Waals surface area contributed by atoms with Crippen molar-refractivity contribution >= 4 is 17.7 Å². The first kappa shape index (κ1) is 16.3. The van der Waals surface area contributed by atoms with E-state index >= 15 is 0 Å². The molecule has 7 heteroatoms. The molecule has 1 aromatic heterocycles. The maximum atomic E-state index is 11.7. The Morgan fingerprint density at radius 3 is 2.95 bits per heavy atom. The Morgan fingerprint density at radius 2 is 2.24 bits per heavy atom. The first-order chi connectivity index (χ1) is 10.1. The van der Waals surface area contributed by atoms with E-state index in [1.165, 1.54) is 19.3 Å². The molecular weight excluding hydrogens is 286 g/mol. The number of thioether (sulfide) groups is 1. The van der Waals surface area contributed by atoms with Gasteiger partial charge in [0.25, 0.3) is 0 Å². The van der Waals surface area contributed by atoms with Gasteiger partial charge in [0.2, 0.25) is 5.91 Å². The van der Waals surface area contributed by atoms with Crippen molar-refractivity contribution in [2.24, 2.45) is 5.73 Å². The molecule has 3 N–H and O–H groups in total. The number of carbonyl (C=O) groups excluding carboxylic acids is 1. The Labute approximate surface area is 130 Å². The fourth-order valence-electron chi connectivity index (χ4n) is 2.38. The van der Waals surface area contributed by atoms with Crippen molar-refractivity contribution in [1.82, 2.24) is 20.1 Å². The minimum atomic E-state index is -0.711. The lowest BCUT2D eigenvalue weighted by Gasteiger charge is -2.26. The molecule has 1 atom stereocenters. The van der Waals surface area contributed by atoms with E-state index in [2.05, 4.69) is 27.0 Å². The number of aryl methyl sites for hydroxylation is 1. The van der Waals surface area contributed by atoms with Crippen LogP contribution in [0.5, 0.6) is 0 Å². The first-order valence-electron chi connectivity index (χ1n) is 7.66. The normalized spacial score (nSPS) is 17.8. The van der Waals surface area contributed by atoms with Crippen LogP contribution in [0.25, 0.3) is 0 Å². The number of hydrogen-bond donors (Lipinski definition) is 2. The Hall–Kier alpha value is -1.08. The van der Waals surface area contributed by atoms with Gasteiger partial charge in [0.15, 0.2) is 5.16 Å². The summed E-state index contributed by atoms with van der Waals surface area (Å²) in [6.07, 6.45) is 5.55. The van der Waals surface area contributed by atoms with Gasteiger partial charge in [-0.15, -0.1) is 10.2 Å². The average Bonchev–Trinajstić information content (AvgIpc) is 2.69. The van der Waals surface area contributed by atoms with Crippen LogP contribution in [-0.4, -0.2) is 38.5 Å². The molecule has 0 radical (unpaired) electrons. The molecule has 0 saturated carbocycles. The molecule has 0 aromatic carbocycles. The predicted octanol–water partition coefficient (Wildman–Crippen LogP) is 1.34. The van der Waals surface area contributed by atoms with Crippen LogP contribution < -0.4 is 11.1 Å². The van der Waals surface area contributed by atoms with Gasteiger partial charge in [-0.25, -0.2) is 0 Å². The average molecular weight is 311 g/mol. The quantitative estimate of drug-likeness (QED) is 0.742. The summed E-state index contributed by atoms with van der Waals surface area (Å²) in [7, 11) is 0. The zero-order chi connectivity index (χ0) is 15.3. The van der Waals surface area contributed by atoms with Gasteiger partial charge in [0.1, 0.15) is 11.4 Å². The summed E-state index contributed by atoms with van der Waals surface area (Å²) in [6, 6.07) is 0. The van der Waals surface area contributed by atoms with Gasteiger partial charge in [-0.3, -0.25) is 4.79 Å². The lowest BCUT2D eigenvalue weighted by Crippen LogP contribution is -2.55. The molecule has 6 nitrogen and oxygen atoms in total. The van der Waals surface area contributed by atoms with Gasteiger partial charge < -0.3 is 15.6 Å². The number of hydrogen-bond acceptors (Lipinski definition) is 5. The van der Waals surface area contributed by atoms with Gasteiger partial charge in [-0.1, -0.05) is 25.1 Å². The number of amides is 1. The summed E-state index contributed by atoms with van der Waals surface area (Å²) >= 11 is 1.56. The van der Waals surface area contributed by atoms with E-state index in [0.717, 1.165) is 36.9 Å². The van der Waals surface area contributed by atoms with E-state index in [9.17, 15) is 4.79 Å². The van der Waals surface area contributed by atoms with E-state index < -0.39 is 5.54 Å². The third kappa shape index (κ3) is 3.97.